The van der Waals surface area contributed by atoms with Gasteiger partial charge in [0.2, 0.25) is 0 Å². The van der Waals surface area contributed by atoms with Gasteiger partial charge in [0.1, 0.15) is 11.4 Å². The van der Waals surface area contributed by atoms with E-state index in [4.69, 9.17) is 21.7 Å². The van der Waals surface area contributed by atoms with E-state index in [1.165, 1.54) is 0 Å². The van der Waals surface area contributed by atoms with Crippen LogP contribution in [-0.2, 0) is 9.53 Å². The molecule has 0 aromatic heterocycles. The number of ether oxygens (including phenoxy) is 2. The van der Waals surface area contributed by atoms with Crippen LogP contribution in [0.1, 0.15) is 28.9 Å². The molecule has 1 heterocycles. The molecule has 2 N–H and O–H groups in total. The molecule has 2 aromatic rings. The topological polar surface area (TPSA) is 76.7 Å². The Balaban J connectivity index is 2.14. The first kappa shape index (κ1) is 19.6. The summed E-state index contributed by atoms with van der Waals surface area (Å²) in [5.41, 5.74) is 1.55. The Labute approximate surface area is 168 Å². The molecule has 2 aromatic carbocycles. The SMILES string of the molecule is CCOC(=O)C1=C(C(=O)c2ccccc2)[C@@H](c2ccc(OC)cc2)NC(=S)N1. The van der Waals surface area contributed by atoms with Gasteiger partial charge in [0.25, 0.3) is 0 Å². The summed E-state index contributed by atoms with van der Waals surface area (Å²) in [5, 5.41) is 6.14. The Hall–Kier alpha value is -3.19. The van der Waals surface area contributed by atoms with Gasteiger partial charge in [-0.2, -0.15) is 0 Å². The van der Waals surface area contributed by atoms with E-state index in [1.807, 2.05) is 18.2 Å². The second-order valence-corrected chi connectivity index (χ2v) is 6.42. The van der Waals surface area contributed by atoms with Crippen molar-refractivity contribution < 1.29 is 19.1 Å². The number of hydrogen-bond acceptors (Lipinski definition) is 5. The highest BCUT2D eigenvalue weighted by atomic mass is 32.1. The van der Waals surface area contributed by atoms with Crippen molar-refractivity contribution in [2.24, 2.45) is 0 Å². The first-order chi connectivity index (χ1) is 13.5. The molecule has 1 aliphatic heterocycles. The van der Waals surface area contributed by atoms with Crippen molar-refractivity contribution in [1.82, 2.24) is 10.6 Å². The summed E-state index contributed by atoms with van der Waals surface area (Å²) in [6.07, 6.45) is 0. The van der Waals surface area contributed by atoms with Gasteiger partial charge in [-0.05, 0) is 36.8 Å². The lowest BCUT2D eigenvalue weighted by Crippen LogP contribution is -2.47. The van der Waals surface area contributed by atoms with E-state index < -0.39 is 12.0 Å². The molecule has 0 fully saturated rings. The van der Waals surface area contributed by atoms with Crippen molar-refractivity contribution in [3.63, 3.8) is 0 Å². The van der Waals surface area contributed by atoms with Crippen LogP contribution in [0.2, 0.25) is 0 Å². The summed E-state index contributed by atoms with van der Waals surface area (Å²) >= 11 is 5.27. The highest BCUT2D eigenvalue weighted by Crippen LogP contribution is 2.31. The molecule has 3 rings (SSSR count). The Kier molecular flexibility index (Phi) is 6.06. The third-order valence-electron chi connectivity index (χ3n) is 4.28. The molecule has 0 saturated heterocycles. The minimum atomic E-state index is -0.621. The zero-order chi connectivity index (χ0) is 20.1. The molecule has 28 heavy (non-hydrogen) atoms. The number of thiocarbonyl (C=S) groups is 1. The van der Waals surface area contributed by atoms with Gasteiger partial charge in [0.15, 0.2) is 10.9 Å². The highest BCUT2D eigenvalue weighted by molar-refractivity contribution is 7.80. The van der Waals surface area contributed by atoms with Crippen LogP contribution in [0.3, 0.4) is 0 Å². The Bertz CT molecular complexity index is 923. The van der Waals surface area contributed by atoms with Gasteiger partial charge in [0, 0.05) is 5.56 Å². The molecule has 0 aliphatic carbocycles. The number of methoxy groups -OCH3 is 1. The minimum Gasteiger partial charge on any atom is -0.497 e. The average Bonchev–Trinajstić information content (AvgIpc) is 2.73. The lowest BCUT2D eigenvalue weighted by atomic mass is 9.89. The van der Waals surface area contributed by atoms with E-state index in [0.29, 0.717) is 11.3 Å². The number of benzene rings is 2. The second-order valence-electron chi connectivity index (χ2n) is 6.01. The van der Waals surface area contributed by atoms with Gasteiger partial charge in [-0.3, -0.25) is 4.79 Å². The quantitative estimate of drug-likeness (QED) is 0.442. The summed E-state index contributed by atoms with van der Waals surface area (Å²) in [4.78, 5) is 25.9. The molecule has 144 valence electrons. The number of nitrogens with one attached hydrogen (secondary N) is 2. The van der Waals surface area contributed by atoms with Crippen LogP contribution in [0.5, 0.6) is 5.75 Å². The van der Waals surface area contributed by atoms with E-state index in [2.05, 4.69) is 10.6 Å². The first-order valence-electron chi connectivity index (χ1n) is 8.77. The standard InChI is InChI=1S/C21H20N2O4S/c1-3-27-20(25)18-16(19(24)14-7-5-4-6-8-14)17(22-21(28)23-18)13-9-11-15(26-2)12-10-13/h4-12,17H,3H2,1-2H3,(H2,22,23,28)/t17-/m1/s1. The molecular formula is C21H20N2O4S. The molecule has 0 bridgehead atoms. The van der Waals surface area contributed by atoms with Crippen LogP contribution < -0.4 is 15.4 Å². The predicted molar refractivity (Wildman–Crippen MR) is 109 cm³/mol. The molecule has 6 nitrogen and oxygen atoms in total. The smallest absolute Gasteiger partial charge is 0.355 e. The van der Waals surface area contributed by atoms with Gasteiger partial charge >= 0.3 is 5.97 Å². The van der Waals surface area contributed by atoms with Crippen LogP contribution in [0.4, 0.5) is 0 Å². The number of Topliss-reactive ketones (excluding diaryl/α,β-unsaturated/α-hetero) is 1. The molecular weight excluding hydrogens is 376 g/mol. The predicted octanol–water partition coefficient (Wildman–Crippen LogP) is 2.91. The van der Waals surface area contributed by atoms with Crippen molar-refractivity contribution in [3.8, 4) is 5.75 Å². The van der Waals surface area contributed by atoms with Gasteiger partial charge in [-0.25, -0.2) is 4.79 Å². The third kappa shape index (κ3) is 4.04. The van der Waals surface area contributed by atoms with Crippen molar-refractivity contribution in [1.29, 1.82) is 0 Å². The summed E-state index contributed by atoms with van der Waals surface area (Å²) in [6, 6.07) is 15.4. The van der Waals surface area contributed by atoms with Gasteiger partial charge in [0.05, 0.1) is 25.3 Å². The molecule has 0 amide bonds. The molecule has 1 atom stereocenters. The number of hydrogen-bond donors (Lipinski definition) is 2. The molecule has 0 saturated carbocycles. The largest absolute Gasteiger partial charge is 0.497 e. The molecule has 0 unspecified atom stereocenters. The highest BCUT2D eigenvalue weighted by Gasteiger charge is 2.35. The lowest BCUT2D eigenvalue weighted by molar-refractivity contribution is -0.138. The summed E-state index contributed by atoms with van der Waals surface area (Å²) in [6.45, 7) is 1.89. The van der Waals surface area contributed by atoms with Crippen LogP contribution in [-0.4, -0.2) is 30.6 Å². The Morgan fingerprint density at radius 1 is 1.07 bits per heavy atom. The number of carbonyl (C=O) groups is 2. The van der Waals surface area contributed by atoms with Crippen molar-refractivity contribution in [2.45, 2.75) is 13.0 Å². The number of esters is 1. The van der Waals surface area contributed by atoms with E-state index in [-0.39, 0.29) is 28.8 Å². The maximum absolute atomic E-state index is 13.3. The summed E-state index contributed by atoms with van der Waals surface area (Å²) < 4.78 is 10.3. The monoisotopic (exact) mass is 396 g/mol. The van der Waals surface area contributed by atoms with Gasteiger partial charge in [-0.1, -0.05) is 42.5 Å². The van der Waals surface area contributed by atoms with E-state index in [1.54, 1.807) is 50.4 Å². The number of ketones is 1. The van der Waals surface area contributed by atoms with E-state index in [0.717, 1.165) is 5.56 Å². The molecule has 1 aliphatic rings. The molecule has 7 heteroatoms. The van der Waals surface area contributed by atoms with Crippen LogP contribution >= 0.6 is 12.2 Å². The molecule has 0 radical (unpaired) electrons. The fourth-order valence-corrected chi connectivity index (χ4v) is 3.18. The summed E-state index contributed by atoms with van der Waals surface area (Å²) in [7, 11) is 1.58. The van der Waals surface area contributed by atoms with Crippen molar-refractivity contribution in [2.75, 3.05) is 13.7 Å². The van der Waals surface area contributed by atoms with E-state index >= 15 is 0 Å². The second kappa shape index (κ2) is 8.67. The van der Waals surface area contributed by atoms with Crippen LogP contribution in [0, 0.1) is 0 Å². The Morgan fingerprint density at radius 3 is 2.36 bits per heavy atom. The van der Waals surface area contributed by atoms with E-state index in [9.17, 15) is 9.59 Å². The fraction of sp³-hybridized carbons (Fsp3) is 0.190. The number of rotatable bonds is 6. The Morgan fingerprint density at radius 2 is 1.75 bits per heavy atom. The van der Waals surface area contributed by atoms with Crippen molar-refractivity contribution in [3.05, 3.63) is 77.0 Å². The first-order valence-corrected chi connectivity index (χ1v) is 9.18. The zero-order valence-electron chi connectivity index (χ0n) is 15.5. The molecule has 0 spiro atoms. The maximum Gasteiger partial charge on any atom is 0.355 e. The average molecular weight is 396 g/mol. The normalized spacial score (nSPS) is 16.1. The fourth-order valence-electron chi connectivity index (χ4n) is 2.96. The zero-order valence-corrected chi connectivity index (χ0v) is 16.3. The minimum absolute atomic E-state index is 0.0558. The lowest BCUT2D eigenvalue weighted by Gasteiger charge is -2.30. The van der Waals surface area contributed by atoms with Crippen LogP contribution in [0.15, 0.2) is 65.9 Å². The van der Waals surface area contributed by atoms with Crippen LogP contribution in [0.25, 0.3) is 0 Å². The third-order valence-corrected chi connectivity index (χ3v) is 4.50. The van der Waals surface area contributed by atoms with Gasteiger partial charge in [-0.15, -0.1) is 0 Å². The van der Waals surface area contributed by atoms with Gasteiger partial charge < -0.3 is 20.1 Å². The summed E-state index contributed by atoms with van der Waals surface area (Å²) in [5.74, 6) is -0.220. The maximum atomic E-state index is 13.3. The number of carbonyl (C=O) groups excluding carboxylic acids is 2. The van der Waals surface area contributed by atoms with Crippen molar-refractivity contribution >= 4 is 29.1 Å².